The number of benzene rings is 2. The molecule has 1 heterocycles. The highest BCUT2D eigenvalue weighted by Crippen LogP contribution is 2.20. The van der Waals surface area contributed by atoms with Crippen molar-refractivity contribution in [2.24, 2.45) is 0 Å². The largest absolute Gasteiger partial charge is 0.280 e. The standard InChI is InChI=1S/C16H12BrN3O2/c1-10(21)19-20-15(11-5-3-2-4-6-11)18-14-8-7-12(17)9-13(14)16(20)22/h2-9H,1H3,(H,19,21). The predicted octanol–water partition coefficient (Wildman–Crippen LogP) is 2.92. The second-order valence-electron chi connectivity index (χ2n) is 4.77. The fourth-order valence-corrected chi connectivity index (χ4v) is 2.56. The number of carbonyl (C=O) groups excluding carboxylic acids is 1. The summed E-state index contributed by atoms with van der Waals surface area (Å²) in [6.07, 6.45) is 0. The van der Waals surface area contributed by atoms with Gasteiger partial charge < -0.3 is 0 Å². The average molecular weight is 358 g/mol. The Morgan fingerprint density at radius 2 is 1.91 bits per heavy atom. The molecule has 0 bridgehead atoms. The van der Waals surface area contributed by atoms with E-state index in [9.17, 15) is 9.59 Å². The van der Waals surface area contributed by atoms with E-state index in [2.05, 4.69) is 26.3 Å². The van der Waals surface area contributed by atoms with Crippen LogP contribution in [0.5, 0.6) is 0 Å². The first-order valence-corrected chi connectivity index (χ1v) is 7.41. The lowest BCUT2D eigenvalue weighted by molar-refractivity contribution is -0.115. The second-order valence-corrected chi connectivity index (χ2v) is 5.69. The van der Waals surface area contributed by atoms with E-state index in [1.807, 2.05) is 36.4 Å². The quantitative estimate of drug-likeness (QED) is 0.766. The molecule has 110 valence electrons. The SMILES string of the molecule is CC(=O)Nn1c(-c2ccccc2)nc2ccc(Br)cc2c1=O. The molecule has 0 saturated heterocycles. The molecule has 3 aromatic rings. The van der Waals surface area contributed by atoms with Gasteiger partial charge in [0.05, 0.1) is 10.9 Å². The van der Waals surface area contributed by atoms with Crippen LogP contribution >= 0.6 is 15.9 Å². The molecule has 0 radical (unpaired) electrons. The number of fused-ring (bicyclic) bond motifs is 1. The number of nitrogens with zero attached hydrogens (tertiary/aromatic N) is 2. The van der Waals surface area contributed by atoms with Crippen molar-refractivity contribution in [3.8, 4) is 11.4 Å². The molecule has 0 fully saturated rings. The van der Waals surface area contributed by atoms with Gasteiger partial charge in [0.25, 0.3) is 5.56 Å². The molecule has 0 saturated carbocycles. The van der Waals surface area contributed by atoms with Crippen LogP contribution in [-0.2, 0) is 4.79 Å². The zero-order valence-electron chi connectivity index (χ0n) is 11.7. The first kappa shape index (κ1) is 14.5. The molecule has 0 aliphatic rings. The molecule has 1 aromatic heterocycles. The Hall–Kier alpha value is -2.47. The third-order valence-corrected chi connectivity index (χ3v) is 3.62. The van der Waals surface area contributed by atoms with Crippen molar-refractivity contribution in [2.45, 2.75) is 6.92 Å². The van der Waals surface area contributed by atoms with Gasteiger partial charge in [-0.2, -0.15) is 4.68 Å². The van der Waals surface area contributed by atoms with Crippen molar-refractivity contribution in [3.63, 3.8) is 0 Å². The van der Waals surface area contributed by atoms with Crippen LogP contribution in [0.2, 0.25) is 0 Å². The summed E-state index contributed by atoms with van der Waals surface area (Å²) in [5.41, 5.74) is 3.55. The van der Waals surface area contributed by atoms with E-state index in [1.54, 1.807) is 12.1 Å². The van der Waals surface area contributed by atoms with Crippen LogP contribution < -0.4 is 11.0 Å². The average Bonchev–Trinajstić information content (AvgIpc) is 2.51. The molecule has 0 aliphatic heterocycles. The van der Waals surface area contributed by atoms with Gasteiger partial charge in [-0.1, -0.05) is 46.3 Å². The van der Waals surface area contributed by atoms with Crippen LogP contribution in [0.4, 0.5) is 0 Å². The molecule has 6 heteroatoms. The van der Waals surface area contributed by atoms with Crippen LogP contribution in [0, 0.1) is 0 Å². The van der Waals surface area contributed by atoms with Gasteiger partial charge in [0.15, 0.2) is 5.82 Å². The van der Waals surface area contributed by atoms with Gasteiger partial charge in [-0.05, 0) is 18.2 Å². The van der Waals surface area contributed by atoms with E-state index in [-0.39, 0.29) is 11.5 Å². The van der Waals surface area contributed by atoms with Gasteiger partial charge in [-0.3, -0.25) is 15.0 Å². The minimum atomic E-state index is -0.338. The number of hydrogen-bond donors (Lipinski definition) is 1. The van der Waals surface area contributed by atoms with E-state index < -0.39 is 0 Å². The number of aromatic nitrogens is 2. The molecule has 1 N–H and O–H groups in total. The fraction of sp³-hybridized carbons (Fsp3) is 0.0625. The Labute approximate surface area is 134 Å². The minimum Gasteiger partial charge on any atom is -0.274 e. The molecule has 3 rings (SSSR count). The number of rotatable bonds is 2. The Morgan fingerprint density at radius 3 is 2.59 bits per heavy atom. The van der Waals surface area contributed by atoms with Gasteiger partial charge in [0.2, 0.25) is 5.91 Å². The maximum Gasteiger partial charge on any atom is 0.280 e. The fourth-order valence-electron chi connectivity index (χ4n) is 2.20. The molecule has 22 heavy (non-hydrogen) atoms. The normalized spacial score (nSPS) is 10.6. The molecule has 0 aliphatic carbocycles. The molecule has 2 aromatic carbocycles. The van der Waals surface area contributed by atoms with Gasteiger partial charge >= 0.3 is 0 Å². The lowest BCUT2D eigenvalue weighted by Crippen LogP contribution is -2.34. The van der Waals surface area contributed by atoms with E-state index in [1.165, 1.54) is 11.6 Å². The van der Waals surface area contributed by atoms with Gasteiger partial charge in [-0.25, -0.2) is 4.98 Å². The van der Waals surface area contributed by atoms with Gasteiger partial charge in [0.1, 0.15) is 0 Å². The van der Waals surface area contributed by atoms with Crippen LogP contribution in [-0.4, -0.2) is 15.6 Å². The van der Waals surface area contributed by atoms with Gasteiger partial charge in [0, 0.05) is 17.0 Å². The molecular formula is C16H12BrN3O2. The maximum absolute atomic E-state index is 12.7. The summed E-state index contributed by atoms with van der Waals surface area (Å²) in [7, 11) is 0. The number of halogens is 1. The summed E-state index contributed by atoms with van der Waals surface area (Å²) >= 11 is 3.34. The van der Waals surface area contributed by atoms with Crippen molar-refractivity contribution in [3.05, 3.63) is 63.4 Å². The maximum atomic E-state index is 12.7. The first-order valence-electron chi connectivity index (χ1n) is 6.61. The van der Waals surface area contributed by atoms with E-state index >= 15 is 0 Å². The summed E-state index contributed by atoms with van der Waals surface area (Å²) < 4.78 is 1.97. The predicted molar refractivity (Wildman–Crippen MR) is 89.2 cm³/mol. The van der Waals surface area contributed by atoms with E-state index in [0.717, 1.165) is 10.0 Å². The molecule has 0 atom stereocenters. The third-order valence-electron chi connectivity index (χ3n) is 3.13. The minimum absolute atomic E-state index is 0.319. The monoisotopic (exact) mass is 357 g/mol. The van der Waals surface area contributed by atoms with Crippen molar-refractivity contribution in [1.29, 1.82) is 0 Å². The molecule has 0 unspecified atom stereocenters. The van der Waals surface area contributed by atoms with Crippen LogP contribution in [0.1, 0.15) is 6.92 Å². The highest BCUT2D eigenvalue weighted by molar-refractivity contribution is 9.10. The lowest BCUT2D eigenvalue weighted by Gasteiger charge is -2.13. The Bertz CT molecular complexity index is 920. The van der Waals surface area contributed by atoms with Crippen molar-refractivity contribution < 1.29 is 4.79 Å². The van der Waals surface area contributed by atoms with Crippen LogP contribution in [0.3, 0.4) is 0 Å². The topological polar surface area (TPSA) is 64.0 Å². The second kappa shape index (κ2) is 5.73. The number of hydrogen-bond acceptors (Lipinski definition) is 3. The van der Waals surface area contributed by atoms with Crippen molar-refractivity contribution in [1.82, 2.24) is 9.66 Å². The number of carbonyl (C=O) groups is 1. The Morgan fingerprint density at radius 1 is 1.18 bits per heavy atom. The van der Waals surface area contributed by atoms with Crippen molar-refractivity contribution in [2.75, 3.05) is 5.43 Å². The molecular weight excluding hydrogens is 346 g/mol. The van der Waals surface area contributed by atoms with Crippen molar-refractivity contribution >= 4 is 32.7 Å². The zero-order chi connectivity index (χ0) is 15.7. The Kier molecular flexibility index (Phi) is 3.77. The molecule has 5 nitrogen and oxygen atoms in total. The highest BCUT2D eigenvalue weighted by Gasteiger charge is 2.13. The summed E-state index contributed by atoms with van der Waals surface area (Å²) in [6, 6.07) is 14.5. The Balaban J connectivity index is 2.37. The lowest BCUT2D eigenvalue weighted by atomic mass is 10.2. The summed E-state index contributed by atoms with van der Waals surface area (Å²) in [6.45, 7) is 1.35. The highest BCUT2D eigenvalue weighted by atomic mass is 79.9. The summed E-state index contributed by atoms with van der Waals surface area (Å²) in [5, 5.41) is 0.433. The van der Waals surface area contributed by atoms with Crippen LogP contribution in [0.25, 0.3) is 22.3 Å². The van der Waals surface area contributed by atoms with Gasteiger partial charge in [-0.15, -0.1) is 0 Å². The smallest absolute Gasteiger partial charge is 0.274 e. The third kappa shape index (κ3) is 2.65. The van der Waals surface area contributed by atoms with E-state index in [4.69, 9.17) is 0 Å². The van der Waals surface area contributed by atoms with Crippen LogP contribution in [0.15, 0.2) is 57.8 Å². The first-order chi connectivity index (χ1) is 10.6. The zero-order valence-corrected chi connectivity index (χ0v) is 13.3. The van der Waals surface area contributed by atoms with E-state index in [0.29, 0.717) is 16.7 Å². The molecule has 0 spiro atoms. The number of nitrogens with one attached hydrogen (secondary N) is 1. The number of amides is 1. The summed E-state index contributed by atoms with van der Waals surface area (Å²) in [4.78, 5) is 28.7. The molecule has 1 amide bonds. The summed E-state index contributed by atoms with van der Waals surface area (Å²) in [5.74, 6) is 0.0612.